The molecule has 1 amide bonds. The van der Waals surface area contributed by atoms with E-state index < -0.39 is 10.0 Å². The molecule has 15 heteroatoms. The standard InChI is InChI=1S/C46H50N8O3S4/c1-3-53-40-17-12-32(24-37(40)36-15-13-33(25-41(36)53)42-23-31(2)30-59-42)28-47-18-7-5-4-6-8-19-52-20-10-21-54-35(29-52)27-39(50-54)45(55)49-46-48-38-16-14-34(26-43(38)60-46)51-61(56,57)44-11-9-22-58-44/h9,11-17,22-27,30,47,51H,3-8,10,18-21,28-29H2,1-2H3,(H,48,49,55). The third-order valence-electron chi connectivity index (χ3n) is 11.4. The second kappa shape index (κ2) is 18.2. The van der Waals surface area contributed by atoms with Gasteiger partial charge in [0.25, 0.3) is 15.9 Å². The van der Waals surface area contributed by atoms with Crippen molar-refractivity contribution in [1.82, 2.24) is 29.5 Å². The van der Waals surface area contributed by atoms with Crippen LogP contribution in [0.3, 0.4) is 0 Å². The van der Waals surface area contributed by atoms with Crippen LogP contribution < -0.4 is 15.4 Å². The third kappa shape index (κ3) is 9.32. The molecule has 0 saturated carbocycles. The zero-order valence-corrected chi connectivity index (χ0v) is 37.7. The van der Waals surface area contributed by atoms with Gasteiger partial charge >= 0.3 is 0 Å². The number of thiazole rings is 1. The number of thiophene rings is 2. The van der Waals surface area contributed by atoms with Crippen molar-refractivity contribution in [3.05, 3.63) is 112 Å². The van der Waals surface area contributed by atoms with Crippen molar-refractivity contribution < 1.29 is 13.2 Å². The van der Waals surface area contributed by atoms with E-state index in [0.29, 0.717) is 22.0 Å². The summed E-state index contributed by atoms with van der Waals surface area (Å²) in [6.45, 7) is 10.8. The lowest BCUT2D eigenvalue weighted by atomic mass is 10.1. The molecule has 0 atom stereocenters. The number of carbonyl (C=O) groups excluding carboxylic acids is 1. The van der Waals surface area contributed by atoms with E-state index in [1.165, 1.54) is 80.4 Å². The maximum atomic E-state index is 13.3. The molecular weight excluding hydrogens is 841 g/mol. The number of aromatic nitrogens is 4. The average Bonchev–Trinajstić information content (AvgIpc) is 4.10. The van der Waals surface area contributed by atoms with Crippen LogP contribution in [0.15, 0.2) is 93.8 Å². The first-order valence-corrected chi connectivity index (χ1v) is 25.1. The van der Waals surface area contributed by atoms with E-state index in [1.54, 1.807) is 35.7 Å². The Balaban J connectivity index is 0.702. The number of rotatable bonds is 17. The normalized spacial score (nSPS) is 13.6. The summed E-state index contributed by atoms with van der Waals surface area (Å²) < 4.78 is 33.4. The van der Waals surface area contributed by atoms with Crippen molar-refractivity contribution in [2.24, 2.45) is 0 Å². The lowest BCUT2D eigenvalue weighted by Gasteiger charge is -2.19. The second-order valence-corrected chi connectivity index (χ2v) is 20.6. The molecule has 11 nitrogen and oxygen atoms in total. The van der Waals surface area contributed by atoms with Gasteiger partial charge in [-0.25, -0.2) is 13.4 Å². The van der Waals surface area contributed by atoms with Crippen LogP contribution in [0, 0.1) is 6.92 Å². The summed E-state index contributed by atoms with van der Waals surface area (Å²) in [5.74, 6) is -0.306. The number of carbonyl (C=O) groups is 1. The molecule has 0 saturated heterocycles. The number of nitrogens with one attached hydrogen (secondary N) is 3. The molecule has 8 aromatic rings. The summed E-state index contributed by atoms with van der Waals surface area (Å²) >= 11 is 4.27. The van der Waals surface area contributed by atoms with Crippen molar-refractivity contribution in [2.45, 2.75) is 82.8 Å². The molecule has 0 bridgehead atoms. The van der Waals surface area contributed by atoms with E-state index in [-0.39, 0.29) is 10.1 Å². The van der Waals surface area contributed by atoms with Crippen LogP contribution in [-0.2, 0) is 36.2 Å². The maximum absolute atomic E-state index is 13.3. The summed E-state index contributed by atoms with van der Waals surface area (Å²) in [6, 6.07) is 26.5. The number of aryl methyl sites for hydroxylation is 3. The van der Waals surface area contributed by atoms with Crippen molar-refractivity contribution in [1.29, 1.82) is 0 Å². The van der Waals surface area contributed by atoms with Crippen LogP contribution in [0.5, 0.6) is 0 Å². The Bertz CT molecular complexity index is 2930. The number of sulfonamides is 1. The molecule has 1 aliphatic heterocycles. The molecule has 0 radical (unpaired) electrons. The van der Waals surface area contributed by atoms with Crippen LogP contribution in [0.2, 0.25) is 0 Å². The summed E-state index contributed by atoms with van der Waals surface area (Å²) in [5, 5.41) is 18.3. The Kier molecular flexibility index (Phi) is 12.4. The van der Waals surface area contributed by atoms with Gasteiger partial charge in [0.15, 0.2) is 10.8 Å². The van der Waals surface area contributed by atoms with Gasteiger partial charge in [0.05, 0.1) is 21.6 Å². The van der Waals surface area contributed by atoms with Gasteiger partial charge in [-0.05, 0) is 128 Å². The molecule has 5 aromatic heterocycles. The minimum Gasteiger partial charge on any atom is -0.341 e. The Morgan fingerprint density at radius 3 is 2.61 bits per heavy atom. The van der Waals surface area contributed by atoms with Crippen molar-refractivity contribution in [2.75, 3.05) is 29.7 Å². The monoisotopic (exact) mass is 890 g/mol. The minimum atomic E-state index is -3.66. The fourth-order valence-corrected chi connectivity index (χ4v) is 12.2. The summed E-state index contributed by atoms with van der Waals surface area (Å²) in [5.41, 5.74) is 9.09. The molecule has 0 unspecified atom stereocenters. The first-order chi connectivity index (χ1) is 29.7. The van der Waals surface area contributed by atoms with Crippen LogP contribution in [0.4, 0.5) is 10.8 Å². The predicted molar refractivity (Wildman–Crippen MR) is 253 cm³/mol. The Labute approximate surface area is 368 Å². The summed E-state index contributed by atoms with van der Waals surface area (Å²) in [4.78, 5) is 21.7. The van der Waals surface area contributed by atoms with Gasteiger partial charge in [-0.2, -0.15) is 5.10 Å². The van der Waals surface area contributed by atoms with E-state index >= 15 is 0 Å². The van der Waals surface area contributed by atoms with E-state index in [1.807, 2.05) is 22.1 Å². The fourth-order valence-electron chi connectivity index (χ4n) is 8.34. The molecule has 6 heterocycles. The fraction of sp³-hybridized carbons (Fsp3) is 0.326. The largest absolute Gasteiger partial charge is 0.341 e. The summed E-state index contributed by atoms with van der Waals surface area (Å²) in [6.07, 6.45) is 6.97. The van der Waals surface area contributed by atoms with Crippen LogP contribution in [-0.4, -0.2) is 58.2 Å². The Morgan fingerprint density at radius 1 is 0.885 bits per heavy atom. The lowest BCUT2D eigenvalue weighted by Crippen LogP contribution is -2.24. The number of unbranched alkanes of at least 4 members (excludes halogenated alkanes) is 4. The molecule has 0 spiro atoms. The predicted octanol–water partition coefficient (Wildman–Crippen LogP) is 10.7. The van der Waals surface area contributed by atoms with Crippen molar-refractivity contribution in [3.63, 3.8) is 0 Å². The number of hydrogen-bond acceptors (Lipinski definition) is 10. The molecule has 9 rings (SSSR count). The highest BCUT2D eigenvalue weighted by Crippen LogP contribution is 2.35. The zero-order chi connectivity index (χ0) is 41.9. The van der Waals surface area contributed by atoms with Crippen molar-refractivity contribution >= 4 is 92.8 Å². The molecule has 3 N–H and O–H groups in total. The summed E-state index contributed by atoms with van der Waals surface area (Å²) in [7, 11) is -3.66. The van der Waals surface area contributed by atoms with Crippen LogP contribution in [0.25, 0.3) is 42.5 Å². The molecule has 1 aliphatic rings. The first kappa shape index (κ1) is 41.5. The van der Waals surface area contributed by atoms with Gasteiger partial charge < -0.3 is 9.88 Å². The molecule has 3 aromatic carbocycles. The van der Waals surface area contributed by atoms with Crippen LogP contribution >= 0.6 is 34.0 Å². The van der Waals surface area contributed by atoms with E-state index in [4.69, 9.17) is 0 Å². The minimum absolute atomic E-state index is 0.249. The zero-order valence-electron chi connectivity index (χ0n) is 34.4. The van der Waals surface area contributed by atoms with Crippen molar-refractivity contribution in [3.8, 4) is 10.4 Å². The van der Waals surface area contributed by atoms with Gasteiger partial charge in [0.1, 0.15) is 4.21 Å². The highest BCUT2D eigenvalue weighted by molar-refractivity contribution is 7.94. The van der Waals surface area contributed by atoms with Crippen LogP contribution in [0.1, 0.15) is 72.8 Å². The molecule has 0 aliphatic carbocycles. The first-order valence-electron chi connectivity index (χ1n) is 21.1. The number of amides is 1. The highest BCUT2D eigenvalue weighted by atomic mass is 32.2. The van der Waals surface area contributed by atoms with Gasteiger partial charge in [-0.3, -0.25) is 24.4 Å². The third-order valence-corrected chi connectivity index (χ3v) is 16.2. The number of anilines is 2. The van der Waals surface area contributed by atoms with Gasteiger partial charge in [-0.1, -0.05) is 54.9 Å². The highest BCUT2D eigenvalue weighted by Gasteiger charge is 2.21. The smallest absolute Gasteiger partial charge is 0.277 e. The number of benzene rings is 3. The lowest BCUT2D eigenvalue weighted by molar-refractivity contribution is 0.102. The molecule has 316 valence electrons. The topological polar surface area (TPSA) is 126 Å². The van der Waals surface area contributed by atoms with E-state index in [2.05, 4.69) is 96.6 Å². The number of hydrogen-bond donors (Lipinski definition) is 3. The van der Waals surface area contributed by atoms with E-state index in [0.717, 1.165) is 80.4 Å². The van der Waals surface area contributed by atoms with Gasteiger partial charge in [0.2, 0.25) is 0 Å². The molecule has 0 fully saturated rings. The van der Waals surface area contributed by atoms with Gasteiger partial charge in [-0.15, -0.1) is 22.7 Å². The SMILES string of the molecule is CCn1c2ccc(CNCCCCCCCN3CCCn4nc(C(=O)Nc5nc6ccc(NS(=O)(=O)c7cccs7)cc6s5)cc4C3)cc2c2ccc(-c3cc(C)cs3)cc21. The quantitative estimate of drug-likeness (QED) is 0.0777. The van der Waals surface area contributed by atoms with Gasteiger partial charge in [0, 0.05) is 59.4 Å². The molecular formula is C46H50N8O3S4. The van der Waals surface area contributed by atoms with E-state index in [9.17, 15) is 13.2 Å². The molecule has 61 heavy (non-hydrogen) atoms. The average molecular weight is 891 g/mol. The Hall–Kier alpha value is -4.90. The second-order valence-electron chi connectivity index (χ2n) is 15.8. The Morgan fingerprint density at radius 2 is 1.77 bits per heavy atom. The number of nitrogens with zero attached hydrogens (tertiary/aromatic N) is 5. The number of fused-ring (bicyclic) bond motifs is 5. The maximum Gasteiger partial charge on any atom is 0.277 e.